The Morgan fingerprint density at radius 2 is 1.61 bits per heavy atom. The van der Waals surface area contributed by atoms with Crippen LogP contribution in [0.4, 0.5) is 0 Å². The van der Waals surface area contributed by atoms with Crippen molar-refractivity contribution in [2.24, 2.45) is 23.2 Å². The third-order valence-corrected chi connectivity index (χ3v) is 10.2. The normalized spacial score (nSPS) is 34.3. The number of carbonyl (C=O) groups is 1. The molecule has 2 heterocycles. The molecule has 2 saturated heterocycles. The second-order valence-electron chi connectivity index (χ2n) is 12.0. The number of benzene rings is 2. The number of hydrogen-bond donors (Lipinski definition) is 2. The standard InChI is InChI=1S/C32H40N2O4/c1-22-10-9-15-25-20-27-28(29(35)31(22,25)2)26(30(36)38-27)21-33-16-18-34(19-17-33)32(37,23-11-5-3-6-12-23)24-13-7-4-8-14-24/h3-8,11-15,22,26-29,35,37H,9-10,16-21H2,1-2H3/t22-,26-,27-,28+,29+,31-/m1/s1. The minimum atomic E-state index is -1.22. The van der Waals surface area contributed by atoms with E-state index < -0.39 is 11.8 Å². The molecule has 1 saturated carbocycles. The van der Waals surface area contributed by atoms with Gasteiger partial charge >= 0.3 is 5.97 Å². The van der Waals surface area contributed by atoms with Gasteiger partial charge in [-0.3, -0.25) is 14.6 Å². The molecule has 6 heteroatoms. The predicted molar refractivity (Wildman–Crippen MR) is 146 cm³/mol. The molecule has 3 fully saturated rings. The fourth-order valence-corrected chi connectivity index (χ4v) is 7.68. The van der Waals surface area contributed by atoms with Crippen LogP contribution in [-0.4, -0.2) is 70.9 Å². The van der Waals surface area contributed by atoms with E-state index in [-0.39, 0.29) is 29.3 Å². The smallest absolute Gasteiger partial charge is 0.311 e. The summed E-state index contributed by atoms with van der Waals surface area (Å²) in [6.45, 7) is 7.82. The van der Waals surface area contributed by atoms with Crippen molar-refractivity contribution in [2.75, 3.05) is 32.7 Å². The summed E-state index contributed by atoms with van der Waals surface area (Å²) in [6.07, 6.45) is 4.33. The molecule has 0 spiro atoms. The van der Waals surface area contributed by atoms with Gasteiger partial charge in [0.1, 0.15) is 6.10 Å². The van der Waals surface area contributed by atoms with Crippen molar-refractivity contribution in [3.8, 4) is 0 Å². The third kappa shape index (κ3) is 4.04. The highest BCUT2D eigenvalue weighted by Crippen LogP contribution is 2.56. The van der Waals surface area contributed by atoms with Gasteiger partial charge in [-0.1, -0.05) is 86.2 Å². The molecule has 6 rings (SSSR count). The number of fused-ring (bicyclic) bond motifs is 2. The van der Waals surface area contributed by atoms with Crippen LogP contribution in [0.25, 0.3) is 0 Å². The molecule has 0 aromatic heterocycles. The van der Waals surface area contributed by atoms with Gasteiger partial charge in [-0.05, 0) is 18.8 Å². The number of aliphatic hydroxyl groups excluding tert-OH is 1. The Morgan fingerprint density at radius 3 is 2.21 bits per heavy atom. The summed E-state index contributed by atoms with van der Waals surface area (Å²) in [4.78, 5) is 17.6. The number of allylic oxidation sites excluding steroid dienone is 1. The molecule has 4 aliphatic rings. The SMILES string of the molecule is C[C@@H]1CCC=C2C[C@H]3OC(=O)[C@H](CN4CCN(C(O)(c5ccccc5)c5ccccc5)CC4)[C@@H]3[C@H](O)[C@@]21C. The maximum Gasteiger partial charge on any atom is 0.311 e. The van der Waals surface area contributed by atoms with Crippen molar-refractivity contribution in [1.29, 1.82) is 0 Å². The lowest BCUT2D eigenvalue weighted by atomic mass is 9.55. The number of rotatable bonds is 5. The van der Waals surface area contributed by atoms with Crippen LogP contribution in [0.1, 0.15) is 44.2 Å². The zero-order valence-corrected chi connectivity index (χ0v) is 22.5. The zero-order chi connectivity index (χ0) is 26.5. The van der Waals surface area contributed by atoms with E-state index in [0.717, 1.165) is 43.5 Å². The number of piperazine rings is 1. The number of esters is 1. The summed E-state index contributed by atoms with van der Waals surface area (Å²) in [5.74, 6) is -0.279. The lowest BCUT2D eigenvalue weighted by Gasteiger charge is -2.52. The van der Waals surface area contributed by atoms with E-state index in [1.165, 1.54) is 5.57 Å². The first-order valence-corrected chi connectivity index (χ1v) is 14.2. The quantitative estimate of drug-likeness (QED) is 0.466. The summed E-state index contributed by atoms with van der Waals surface area (Å²) in [5, 5.41) is 23.8. The Labute approximate surface area is 225 Å². The predicted octanol–water partition coefficient (Wildman–Crippen LogP) is 3.78. The molecule has 0 radical (unpaired) electrons. The van der Waals surface area contributed by atoms with E-state index in [4.69, 9.17) is 4.74 Å². The minimum absolute atomic E-state index is 0.165. The number of carbonyl (C=O) groups excluding carboxylic acids is 1. The Balaban J connectivity index is 1.18. The summed E-state index contributed by atoms with van der Waals surface area (Å²) < 4.78 is 5.89. The van der Waals surface area contributed by atoms with Crippen LogP contribution in [0.15, 0.2) is 72.3 Å². The van der Waals surface area contributed by atoms with E-state index in [1.54, 1.807) is 0 Å². The van der Waals surface area contributed by atoms with Crippen molar-refractivity contribution < 1.29 is 19.7 Å². The van der Waals surface area contributed by atoms with E-state index >= 15 is 0 Å². The first-order chi connectivity index (χ1) is 18.3. The lowest BCUT2D eigenvalue weighted by molar-refractivity contribution is -0.145. The molecular formula is C32H40N2O4. The molecule has 2 aromatic carbocycles. The Kier molecular flexibility index (Phi) is 6.71. The van der Waals surface area contributed by atoms with Crippen molar-refractivity contribution in [3.05, 3.63) is 83.4 Å². The van der Waals surface area contributed by atoms with Crippen LogP contribution >= 0.6 is 0 Å². The monoisotopic (exact) mass is 516 g/mol. The molecule has 0 amide bonds. The molecule has 38 heavy (non-hydrogen) atoms. The van der Waals surface area contributed by atoms with Gasteiger partial charge in [-0.15, -0.1) is 0 Å². The molecule has 2 aromatic rings. The zero-order valence-electron chi connectivity index (χ0n) is 22.5. The maximum absolute atomic E-state index is 13.1. The number of hydrogen-bond acceptors (Lipinski definition) is 6. The van der Waals surface area contributed by atoms with Gasteiger partial charge in [0.05, 0.1) is 12.0 Å². The summed E-state index contributed by atoms with van der Waals surface area (Å²) in [6, 6.07) is 19.7. The summed E-state index contributed by atoms with van der Waals surface area (Å²) >= 11 is 0. The number of ether oxygens (including phenoxy) is 1. The van der Waals surface area contributed by atoms with Crippen molar-refractivity contribution in [1.82, 2.24) is 9.80 Å². The number of aliphatic hydroxyl groups is 2. The second-order valence-corrected chi connectivity index (χ2v) is 12.0. The third-order valence-electron chi connectivity index (χ3n) is 10.2. The van der Waals surface area contributed by atoms with Crippen LogP contribution in [0, 0.1) is 23.2 Å². The van der Waals surface area contributed by atoms with E-state index in [0.29, 0.717) is 25.6 Å². The largest absolute Gasteiger partial charge is 0.461 e. The average Bonchev–Trinajstić information content (AvgIpc) is 3.26. The van der Waals surface area contributed by atoms with Gasteiger partial charge in [0.15, 0.2) is 5.72 Å². The molecule has 2 N–H and O–H groups in total. The van der Waals surface area contributed by atoms with Gasteiger partial charge in [-0.2, -0.15) is 0 Å². The van der Waals surface area contributed by atoms with Crippen molar-refractivity contribution in [3.63, 3.8) is 0 Å². The van der Waals surface area contributed by atoms with Gasteiger partial charge in [0.2, 0.25) is 0 Å². The summed E-state index contributed by atoms with van der Waals surface area (Å²) in [5.41, 5.74) is 1.47. The van der Waals surface area contributed by atoms with Crippen LogP contribution in [0.2, 0.25) is 0 Å². The second kappa shape index (κ2) is 9.91. The Hall–Kier alpha value is -2.51. The first kappa shape index (κ1) is 25.8. The lowest BCUT2D eigenvalue weighted by Crippen LogP contribution is -2.58. The van der Waals surface area contributed by atoms with E-state index in [1.807, 2.05) is 60.7 Å². The molecule has 0 bridgehead atoms. The van der Waals surface area contributed by atoms with Crippen LogP contribution in [-0.2, 0) is 15.3 Å². The van der Waals surface area contributed by atoms with Crippen LogP contribution in [0.3, 0.4) is 0 Å². The number of nitrogens with zero attached hydrogens (tertiary/aromatic N) is 2. The highest BCUT2D eigenvalue weighted by atomic mass is 16.6. The highest BCUT2D eigenvalue weighted by molar-refractivity contribution is 5.76. The molecular weight excluding hydrogens is 476 g/mol. The highest BCUT2D eigenvalue weighted by Gasteiger charge is 2.60. The average molecular weight is 517 g/mol. The molecule has 6 nitrogen and oxygen atoms in total. The minimum Gasteiger partial charge on any atom is -0.461 e. The molecule has 2 aliphatic heterocycles. The summed E-state index contributed by atoms with van der Waals surface area (Å²) in [7, 11) is 0. The Morgan fingerprint density at radius 1 is 1.00 bits per heavy atom. The molecule has 2 aliphatic carbocycles. The molecule has 0 unspecified atom stereocenters. The van der Waals surface area contributed by atoms with Crippen molar-refractivity contribution in [2.45, 2.75) is 51.0 Å². The van der Waals surface area contributed by atoms with E-state index in [2.05, 4.69) is 29.7 Å². The first-order valence-electron chi connectivity index (χ1n) is 14.2. The van der Waals surface area contributed by atoms with Crippen LogP contribution < -0.4 is 0 Å². The van der Waals surface area contributed by atoms with Crippen molar-refractivity contribution >= 4 is 5.97 Å². The molecule has 6 atom stereocenters. The van der Waals surface area contributed by atoms with Gasteiger partial charge in [0.25, 0.3) is 0 Å². The topological polar surface area (TPSA) is 73.2 Å². The fourth-order valence-electron chi connectivity index (χ4n) is 7.68. The van der Waals surface area contributed by atoms with E-state index in [9.17, 15) is 15.0 Å². The molecule has 202 valence electrons. The van der Waals surface area contributed by atoms with Gasteiger partial charge in [-0.25, -0.2) is 0 Å². The fraction of sp³-hybridized carbons (Fsp3) is 0.531. The Bertz CT molecular complexity index is 1140. The van der Waals surface area contributed by atoms with Gasteiger partial charge in [0, 0.05) is 61.6 Å². The van der Waals surface area contributed by atoms with Gasteiger partial charge < -0.3 is 14.9 Å². The maximum atomic E-state index is 13.1. The van der Waals surface area contributed by atoms with Crippen LogP contribution in [0.5, 0.6) is 0 Å².